The Morgan fingerprint density at radius 3 is 2.90 bits per heavy atom. The summed E-state index contributed by atoms with van der Waals surface area (Å²) in [4.78, 5) is 15.5. The Morgan fingerprint density at radius 2 is 2.06 bits per heavy atom. The highest BCUT2D eigenvalue weighted by molar-refractivity contribution is 5.74. The fourth-order valence-corrected chi connectivity index (χ4v) is 4.59. The molecule has 0 aliphatic heterocycles. The summed E-state index contributed by atoms with van der Waals surface area (Å²) in [7, 11) is 1.69. The third-order valence-electron chi connectivity index (χ3n) is 6.12. The van der Waals surface area contributed by atoms with E-state index in [2.05, 4.69) is 40.2 Å². The van der Waals surface area contributed by atoms with Gasteiger partial charge in [-0.25, -0.2) is 4.98 Å². The fourth-order valence-electron chi connectivity index (χ4n) is 4.59. The lowest BCUT2D eigenvalue weighted by Gasteiger charge is -2.36. The molecule has 1 aliphatic rings. The maximum Gasteiger partial charge on any atom is 0.126 e. The zero-order chi connectivity index (χ0) is 21.2. The number of ether oxygens (including phenoxy) is 1. The molecule has 0 saturated carbocycles. The molecule has 0 fully saturated rings. The van der Waals surface area contributed by atoms with Gasteiger partial charge in [-0.1, -0.05) is 24.3 Å². The van der Waals surface area contributed by atoms with E-state index in [1.54, 1.807) is 7.11 Å². The van der Waals surface area contributed by atoms with Crippen molar-refractivity contribution in [3.8, 4) is 5.75 Å². The Balaban J connectivity index is 1.59. The summed E-state index contributed by atoms with van der Waals surface area (Å²) in [6.07, 6.45) is 5.16. The normalized spacial score (nSPS) is 15.6. The first-order chi connectivity index (χ1) is 15.3. The van der Waals surface area contributed by atoms with Gasteiger partial charge in [0.1, 0.15) is 11.6 Å². The van der Waals surface area contributed by atoms with Gasteiger partial charge in [0, 0.05) is 30.1 Å². The summed E-state index contributed by atoms with van der Waals surface area (Å²) in [6.45, 7) is 1.10. The highest BCUT2D eigenvalue weighted by Crippen LogP contribution is 2.38. The fraction of sp³-hybridized carbons (Fsp3) is 0.280. The van der Waals surface area contributed by atoms with Crippen molar-refractivity contribution in [1.29, 1.82) is 0 Å². The standard InChI is InChI=1S/C25H27N5O/c1-31-23-14-19(12-11-18(23)15-26)30(16-24-28-20-8-2-3-9-21(20)29-24)22-10-4-6-17-7-5-13-27-25(17)22/h2-3,5,7-9,11-14,22H,4,6,10,15-16,26H2,1H3,(H,28,29). The lowest BCUT2D eigenvalue weighted by molar-refractivity contribution is 0.409. The number of fused-ring (bicyclic) bond motifs is 2. The van der Waals surface area contributed by atoms with E-state index in [-0.39, 0.29) is 6.04 Å². The van der Waals surface area contributed by atoms with E-state index in [1.807, 2.05) is 30.5 Å². The maximum atomic E-state index is 5.91. The second-order valence-corrected chi connectivity index (χ2v) is 7.98. The van der Waals surface area contributed by atoms with Crippen LogP contribution in [0.4, 0.5) is 5.69 Å². The third kappa shape index (κ3) is 3.75. The molecule has 6 nitrogen and oxygen atoms in total. The first-order valence-corrected chi connectivity index (χ1v) is 10.8. The van der Waals surface area contributed by atoms with Crippen molar-refractivity contribution in [2.75, 3.05) is 12.0 Å². The predicted molar refractivity (Wildman–Crippen MR) is 123 cm³/mol. The third-order valence-corrected chi connectivity index (χ3v) is 6.12. The minimum atomic E-state index is 0.173. The summed E-state index contributed by atoms with van der Waals surface area (Å²) in [6, 6.07) is 18.8. The predicted octanol–water partition coefficient (Wildman–Crippen LogP) is 4.51. The number of hydrogen-bond acceptors (Lipinski definition) is 5. The molecular formula is C25H27N5O. The van der Waals surface area contributed by atoms with Crippen LogP contribution in [-0.4, -0.2) is 22.1 Å². The number of nitrogens with two attached hydrogens (primary N) is 1. The first-order valence-electron chi connectivity index (χ1n) is 10.8. The number of hydrogen-bond donors (Lipinski definition) is 2. The van der Waals surface area contributed by atoms with Crippen molar-refractivity contribution in [3.05, 3.63) is 83.4 Å². The van der Waals surface area contributed by atoms with Gasteiger partial charge in [0.2, 0.25) is 0 Å². The van der Waals surface area contributed by atoms with E-state index in [4.69, 9.17) is 20.4 Å². The number of para-hydroxylation sites is 2. The van der Waals surface area contributed by atoms with Crippen LogP contribution in [0.5, 0.6) is 5.75 Å². The number of aryl methyl sites for hydroxylation is 1. The second-order valence-electron chi connectivity index (χ2n) is 7.98. The summed E-state index contributed by atoms with van der Waals surface area (Å²) in [5.41, 5.74) is 12.5. The minimum absolute atomic E-state index is 0.173. The molecule has 0 amide bonds. The van der Waals surface area contributed by atoms with Gasteiger partial charge in [-0.05, 0) is 49.1 Å². The van der Waals surface area contributed by atoms with Crippen LogP contribution in [-0.2, 0) is 19.5 Å². The van der Waals surface area contributed by atoms with E-state index in [0.29, 0.717) is 13.1 Å². The zero-order valence-electron chi connectivity index (χ0n) is 17.7. The quantitative estimate of drug-likeness (QED) is 0.486. The van der Waals surface area contributed by atoms with Gasteiger partial charge >= 0.3 is 0 Å². The lowest BCUT2D eigenvalue weighted by Crippen LogP contribution is -2.32. The summed E-state index contributed by atoms with van der Waals surface area (Å²) in [5.74, 6) is 1.75. The zero-order valence-corrected chi connectivity index (χ0v) is 17.7. The summed E-state index contributed by atoms with van der Waals surface area (Å²) < 4.78 is 5.64. The number of H-pyrrole nitrogens is 1. The van der Waals surface area contributed by atoms with Crippen molar-refractivity contribution >= 4 is 16.7 Å². The minimum Gasteiger partial charge on any atom is -0.496 e. The van der Waals surface area contributed by atoms with Crippen LogP contribution in [0.15, 0.2) is 60.8 Å². The Labute approximate surface area is 182 Å². The highest BCUT2D eigenvalue weighted by atomic mass is 16.5. The molecule has 1 unspecified atom stereocenters. The average molecular weight is 414 g/mol. The monoisotopic (exact) mass is 413 g/mol. The van der Waals surface area contributed by atoms with Crippen LogP contribution in [0.3, 0.4) is 0 Å². The number of rotatable bonds is 6. The van der Waals surface area contributed by atoms with Crippen LogP contribution in [0, 0.1) is 0 Å². The van der Waals surface area contributed by atoms with Crippen LogP contribution in [0.1, 0.15) is 41.5 Å². The molecule has 0 radical (unpaired) electrons. The number of imidazole rings is 1. The number of methoxy groups -OCH3 is 1. The molecule has 0 bridgehead atoms. The van der Waals surface area contributed by atoms with Crippen LogP contribution in [0.2, 0.25) is 0 Å². The van der Waals surface area contributed by atoms with Gasteiger partial charge in [-0.2, -0.15) is 0 Å². The molecule has 5 rings (SSSR count). The number of benzene rings is 2. The molecule has 2 heterocycles. The van der Waals surface area contributed by atoms with Gasteiger partial charge in [-0.15, -0.1) is 0 Å². The summed E-state index contributed by atoms with van der Waals surface area (Å²) >= 11 is 0. The molecule has 31 heavy (non-hydrogen) atoms. The van der Waals surface area contributed by atoms with E-state index in [1.165, 1.54) is 5.56 Å². The highest BCUT2D eigenvalue weighted by Gasteiger charge is 2.28. The van der Waals surface area contributed by atoms with Crippen LogP contribution in [0.25, 0.3) is 11.0 Å². The number of nitrogens with zero attached hydrogens (tertiary/aromatic N) is 3. The SMILES string of the molecule is COc1cc(N(Cc2nc3ccccc3[nH]2)C2CCCc3cccnc32)ccc1CN. The first kappa shape index (κ1) is 19.6. The lowest BCUT2D eigenvalue weighted by atomic mass is 9.90. The van der Waals surface area contributed by atoms with E-state index < -0.39 is 0 Å². The number of nitrogens with one attached hydrogen (secondary N) is 1. The van der Waals surface area contributed by atoms with Crippen LogP contribution >= 0.6 is 0 Å². The largest absolute Gasteiger partial charge is 0.496 e. The Morgan fingerprint density at radius 1 is 1.16 bits per heavy atom. The molecule has 2 aromatic carbocycles. The molecule has 1 aliphatic carbocycles. The number of aromatic nitrogens is 3. The number of anilines is 1. The molecule has 6 heteroatoms. The Bertz CT molecular complexity index is 1170. The van der Waals surface area contributed by atoms with Crippen molar-refractivity contribution in [2.24, 2.45) is 5.73 Å². The second kappa shape index (κ2) is 8.40. The van der Waals surface area contributed by atoms with Gasteiger partial charge in [0.05, 0.1) is 36.4 Å². The molecule has 2 aromatic heterocycles. The average Bonchev–Trinajstić information content (AvgIpc) is 3.24. The Hall–Kier alpha value is -3.38. The van der Waals surface area contributed by atoms with Gasteiger partial charge < -0.3 is 20.4 Å². The molecule has 3 N–H and O–H groups in total. The van der Waals surface area contributed by atoms with Gasteiger partial charge in [0.25, 0.3) is 0 Å². The maximum absolute atomic E-state index is 5.91. The van der Waals surface area contributed by atoms with Crippen molar-refractivity contribution < 1.29 is 4.74 Å². The van der Waals surface area contributed by atoms with Crippen molar-refractivity contribution in [3.63, 3.8) is 0 Å². The number of aromatic amines is 1. The van der Waals surface area contributed by atoms with Crippen molar-refractivity contribution in [2.45, 2.75) is 38.4 Å². The molecule has 158 valence electrons. The molecule has 4 aromatic rings. The molecule has 1 atom stereocenters. The van der Waals surface area contributed by atoms with E-state index in [9.17, 15) is 0 Å². The topological polar surface area (TPSA) is 80.1 Å². The molecule has 0 spiro atoms. The number of pyridine rings is 1. The van der Waals surface area contributed by atoms with Gasteiger partial charge in [0.15, 0.2) is 0 Å². The summed E-state index contributed by atoms with van der Waals surface area (Å²) in [5, 5.41) is 0. The van der Waals surface area contributed by atoms with E-state index in [0.717, 1.165) is 58.8 Å². The molecular weight excluding hydrogens is 386 g/mol. The molecule has 0 saturated heterocycles. The Kier molecular flexibility index (Phi) is 5.30. The van der Waals surface area contributed by atoms with Crippen molar-refractivity contribution in [1.82, 2.24) is 15.0 Å². The van der Waals surface area contributed by atoms with E-state index >= 15 is 0 Å². The van der Waals surface area contributed by atoms with Crippen LogP contribution < -0.4 is 15.4 Å². The smallest absolute Gasteiger partial charge is 0.126 e. The van der Waals surface area contributed by atoms with Gasteiger partial charge in [-0.3, -0.25) is 4.98 Å².